The summed E-state index contributed by atoms with van der Waals surface area (Å²) in [5.74, 6) is 0. The molecule has 0 fully saturated rings. The van der Waals surface area contributed by atoms with E-state index in [4.69, 9.17) is 0 Å². The highest BCUT2D eigenvalue weighted by Gasteiger charge is 2.22. The normalized spacial score (nSPS) is 11.0. The summed E-state index contributed by atoms with van der Waals surface area (Å²) in [5.41, 5.74) is 15.3. The largest absolute Gasteiger partial charge is 0.256 e. The van der Waals surface area contributed by atoms with Crippen LogP contribution in [-0.2, 0) is 0 Å². The van der Waals surface area contributed by atoms with E-state index in [1.807, 2.05) is 36.8 Å². The van der Waals surface area contributed by atoms with Crippen LogP contribution < -0.4 is 0 Å². The first-order valence-electron chi connectivity index (χ1n) is 14.4. The smallest absolute Gasteiger partial charge is 0.0724 e. The molecule has 7 aromatic rings. The van der Waals surface area contributed by atoms with Crippen molar-refractivity contribution in [1.82, 2.24) is 45.5 Å². The minimum atomic E-state index is 0.831. The highest BCUT2D eigenvalue weighted by molar-refractivity contribution is 5.92. The molecule has 0 spiro atoms. The fourth-order valence-corrected chi connectivity index (χ4v) is 6.08. The van der Waals surface area contributed by atoms with E-state index in [1.54, 1.807) is 37.2 Å². The quantitative estimate of drug-likeness (QED) is 0.200. The van der Waals surface area contributed by atoms with Crippen LogP contribution in [0.2, 0.25) is 0 Å². The molecular formula is C36H27N9. The number of hydrogen-bond donors (Lipinski definition) is 0. The van der Waals surface area contributed by atoms with Crippen molar-refractivity contribution in [2.45, 2.75) is 20.8 Å². The van der Waals surface area contributed by atoms with E-state index in [2.05, 4.69) is 103 Å². The molecule has 7 rings (SSSR count). The molecule has 216 valence electrons. The van der Waals surface area contributed by atoms with Gasteiger partial charge >= 0.3 is 0 Å². The zero-order valence-corrected chi connectivity index (χ0v) is 24.9. The van der Waals surface area contributed by atoms with Gasteiger partial charge in [0.15, 0.2) is 0 Å². The van der Waals surface area contributed by atoms with Gasteiger partial charge in [-0.15, -0.1) is 0 Å². The fourth-order valence-electron chi connectivity index (χ4n) is 6.08. The van der Waals surface area contributed by atoms with Crippen molar-refractivity contribution in [2.24, 2.45) is 0 Å². The first kappa shape index (κ1) is 27.7. The van der Waals surface area contributed by atoms with E-state index in [0.717, 1.165) is 83.8 Å². The predicted molar refractivity (Wildman–Crippen MR) is 173 cm³/mol. The van der Waals surface area contributed by atoms with Gasteiger partial charge in [-0.3, -0.25) is 15.0 Å². The summed E-state index contributed by atoms with van der Waals surface area (Å²) in [4.78, 5) is 14.0. The first-order valence-corrected chi connectivity index (χ1v) is 14.4. The van der Waals surface area contributed by atoms with Gasteiger partial charge in [-0.2, -0.15) is 30.6 Å². The Hall–Kier alpha value is -6.09. The minimum absolute atomic E-state index is 0.831. The van der Waals surface area contributed by atoms with Crippen LogP contribution in [0.5, 0.6) is 0 Å². The fraction of sp³-hybridized carbons (Fsp3) is 0.0833. The third kappa shape index (κ3) is 5.31. The van der Waals surface area contributed by atoms with Gasteiger partial charge in [-0.1, -0.05) is 0 Å². The Bertz CT molecular complexity index is 1870. The van der Waals surface area contributed by atoms with Crippen LogP contribution in [0.15, 0.2) is 110 Å². The lowest BCUT2D eigenvalue weighted by Gasteiger charge is -2.24. The van der Waals surface area contributed by atoms with Crippen LogP contribution in [0.3, 0.4) is 0 Å². The number of benzene rings is 1. The van der Waals surface area contributed by atoms with Gasteiger partial charge in [0.25, 0.3) is 0 Å². The predicted octanol–water partition coefficient (Wildman–Crippen LogP) is 7.17. The number of rotatable bonds is 6. The molecule has 0 unspecified atom stereocenters. The summed E-state index contributed by atoms with van der Waals surface area (Å²) in [7, 11) is 0. The summed E-state index contributed by atoms with van der Waals surface area (Å²) in [5, 5.41) is 24.0. The Morgan fingerprint density at radius 2 is 0.622 bits per heavy atom. The van der Waals surface area contributed by atoms with E-state index < -0.39 is 0 Å². The summed E-state index contributed by atoms with van der Waals surface area (Å²) in [6.07, 6.45) is 15.8. The summed E-state index contributed by atoms with van der Waals surface area (Å²) in [6.45, 7) is 6.58. The molecule has 0 N–H and O–H groups in total. The lowest BCUT2D eigenvalue weighted by Crippen LogP contribution is -2.02. The summed E-state index contributed by atoms with van der Waals surface area (Å²) >= 11 is 0. The Balaban J connectivity index is 1.49. The van der Waals surface area contributed by atoms with Gasteiger partial charge in [0, 0.05) is 35.3 Å². The maximum Gasteiger partial charge on any atom is 0.0724 e. The molecule has 0 aliphatic rings. The van der Waals surface area contributed by atoms with Gasteiger partial charge < -0.3 is 0 Å². The second kappa shape index (κ2) is 11.9. The second-order valence-electron chi connectivity index (χ2n) is 10.7. The van der Waals surface area contributed by atoms with Crippen molar-refractivity contribution in [3.05, 3.63) is 127 Å². The molecule has 0 aliphatic carbocycles. The molecule has 0 atom stereocenters. The molecule has 9 heteroatoms. The molecule has 0 bridgehead atoms. The zero-order valence-electron chi connectivity index (χ0n) is 24.9. The molecule has 0 aliphatic heterocycles. The number of hydrogen-bond acceptors (Lipinski definition) is 9. The van der Waals surface area contributed by atoms with Crippen LogP contribution in [0.1, 0.15) is 16.7 Å². The maximum absolute atomic E-state index is 4.66. The van der Waals surface area contributed by atoms with Crippen LogP contribution in [0, 0.1) is 20.8 Å². The highest BCUT2D eigenvalue weighted by Crippen LogP contribution is 2.44. The molecule has 0 radical (unpaired) electrons. The number of pyridine rings is 3. The average Bonchev–Trinajstić information content (AvgIpc) is 3.10. The number of aromatic nitrogens is 9. The lowest BCUT2D eigenvalue weighted by atomic mass is 9.80. The summed E-state index contributed by atoms with van der Waals surface area (Å²) in [6, 6.07) is 18.3. The van der Waals surface area contributed by atoms with Crippen LogP contribution >= 0.6 is 0 Å². The Morgan fingerprint density at radius 3 is 0.889 bits per heavy atom. The van der Waals surface area contributed by atoms with E-state index in [9.17, 15) is 0 Å². The highest BCUT2D eigenvalue weighted by atomic mass is 15.1. The van der Waals surface area contributed by atoms with E-state index in [0.29, 0.717) is 0 Å². The van der Waals surface area contributed by atoms with Crippen LogP contribution in [0.25, 0.3) is 67.2 Å². The minimum Gasteiger partial charge on any atom is -0.256 e. The average molecular weight is 586 g/mol. The number of nitrogens with zero attached hydrogens (tertiary/aromatic N) is 9. The topological polar surface area (TPSA) is 116 Å². The van der Waals surface area contributed by atoms with Crippen molar-refractivity contribution in [3.8, 4) is 67.2 Å². The van der Waals surface area contributed by atoms with Crippen molar-refractivity contribution in [1.29, 1.82) is 0 Å². The van der Waals surface area contributed by atoms with Gasteiger partial charge in [0.1, 0.15) is 0 Å². The van der Waals surface area contributed by atoms with Gasteiger partial charge in [0.2, 0.25) is 0 Å². The lowest BCUT2D eigenvalue weighted by molar-refractivity contribution is 1.03. The molecule has 1 aromatic carbocycles. The van der Waals surface area contributed by atoms with Crippen molar-refractivity contribution < 1.29 is 0 Å². The van der Waals surface area contributed by atoms with Crippen molar-refractivity contribution >= 4 is 0 Å². The Kier molecular flexibility index (Phi) is 7.33. The third-order valence-corrected chi connectivity index (χ3v) is 8.04. The molecule has 45 heavy (non-hydrogen) atoms. The zero-order chi connectivity index (χ0) is 30.8. The molecular weight excluding hydrogens is 558 g/mol. The van der Waals surface area contributed by atoms with E-state index in [-0.39, 0.29) is 0 Å². The molecule has 6 aromatic heterocycles. The van der Waals surface area contributed by atoms with Crippen LogP contribution in [-0.4, -0.2) is 45.5 Å². The van der Waals surface area contributed by atoms with Gasteiger partial charge in [-0.05, 0) is 125 Å². The SMILES string of the molecule is Cc1c(-c2ccnc(-c3ccnnc3)c2)c(C)c(-c2ccnc(-c3ccnnc3)c2)c(C)c1-c1ccnc(-c2ccnnc2)c1. The van der Waals surface area contributed by atoms with Gasteiger partial charge in [-0.25, -0.2) is 0 Å². The standard InChI is InChI=1S/C36H27N9/c1-22-34(25-4-10-37-31(16-25)28-7-13-40-43-19-28)23(2)36(27-6-12-39-33(18-27)30-9-15-42-45-21-30)24(3)35(22)26-5-11-38-32(17-26)29-8-14-41-44-20-29/h4-21H,1-3H3. The van der Waals surface area contributed by atoms with Crippen molar-refractivity contribution in [2.75, 3.05) is 0 Å². The molecule has 0 saturated carbocycles. The van der Waals surface area contributed by atoms with E-state index in [1.165, 1.54) is 0 Å². The molecule has 9 nitrogen and oxygen atoms in total. The molecule has 6 heterocycles. The second-order valence-corrected chi connectivity index (χ2v) is 10.7. The maximum atomic E-state index is 4.66. The van der Waals surface area contributed by atoms with E-state index >= 15 is 0 Å². The summed E-state index contributed by atoms with van der Waals surface area (Å²) < 4.78 is 0. The van der Waals surface area contributed by atoms with Crippen molar-refractivity contribution in [3.63, 3.8) is 0 Å². The van der Waals surface area contributed by atoms with Gasteiger partial charge in [0.05, 0.1) is 54.3 Å². The third-order valence-electron chi connectivity index (χ3n) is 8.04. The van der Waals surface area contributed by atoms with Crippen LogP contribution in [0.4, 0.5) is 0 Å². The molecule has 0 saturated heterocycles. The molecule has 0 amide bonds. The monoisotopic (exact) mass is 585 g/mol. The Morgan fingerprint density at radius 1 is 0.333 bits per heavy atom. The first-order chi connectivity index (χ1) is 22.1. The Labute approximate surface area is 260 Å².